The lowest BCUT2D eigenvalue weighted by Gasteiger charge is -2.28. The number of thioether (sulfide) groups is 1. The van der Waals surface area contributed by atoms with E-state index < -0.39 is 0 Å². The van der Waals surface area contributed by atoms with E-state index in [9.17, 15) is 4.39 Å². The minimum Gasteiger partial charge on any atom is -0.333 e. The van der Waals surface area contributed by atoms with Gasteiger partial charge < -0.3 is 5.73 Å². The first-order valence-electron chi connectivity index (χ1n) is 14.2. The lowest BCUT2D eigenvalue weighted by atomic mass is 9.78. The van der Waals surface area contributed by atoms with Crippen LogP contribution in [0.4, 0.5) is 4.39 Å². The van der Waals surface area contributed by atoms with Gasteiger partial charge in [-0.2, -0.15) is 0 Å². The predicted octanol–water partition coefficient (Wildman–Crippen LogP) is 10.1. The summed E-state index contributed by atoms with van der Waals surface area (Å²) in [5.41, 5.74) is 11.3. The Bertz CT molecular complexity index is 1220. The van der Waals surface area contributed by atoms with Gasteiger partial charge in [-0.05, 0) is 89.5 Å². The van der Waals surface area contributed by atoms with Crippen molar-refractivity contribution in [1.29, 1.82) is 0 Å². The van der Waals surface area contributed by atoms with E-state index in [1.807, 2.05) is 30.0 Å². The fourth-order valence-corrected chi connectivity index (χ4v) is 7.73. The molecule has 5 rings (SSSR count). The lowest BCUT2D eigenvalue weighted by molar-refractivity contribution is 0.261. The molecule has 1 heterocycles. The van der Waals surface area contributed by atoms with Gasteiger partial charge >= 0.3 is 0 Å². The first kappa shape index (κ1) is 31.3. The van der Waals surface area contributed by atoms with Gasteiger partial charge in [0.05, 0.1) is 0 Å². The first-order chi connectivity index (χ1) is 18.9. The van der Waals surface area contributed by atoms with Crippen LogP contribution >= 0.6 is 21.0 Å². The Balaban J connectivity index is 0.000000236. The smallest absolute Gasteiger partial charge is 0.126 e. The number of benzene rings is 2. The summed E-state index contributed by atoms with van der Waals surface area (Å²) < 4.78 is 14.3. The molecule has 1 saturated carbocycles. The minimum absolute atomic E-state index is 0.0656. The molecule has 0 saturated heterocycles. The highest BCUT2D eigenvalue weighted by Gasteiger charge is 2.28. The average Bonchev–Trinajstić information content (AvgIpc) is 3.33. The van der Waals surface area contributed by atoms with Gasteiger partial charge in [-0.1, -0.05) is 107 Å². The molecule has 0 radical (unpaired) electrons. The van der Waals surface area contributed by atoms with Crippen molar-refractivity contribution in [3.8, 4) is 11.1 Å². The van der Waals surface area contributed by atoms with Crippen LogP contribution in [-0.4, -0.2) is 12.3 Å². The van der Waals surface area contributed by atoms with Gasteiger partial charge in [-0.25, -0.2) is 4.39 Å². The number of halogens is 1. The van der Waals surface area contributed by atoms with Crippen molar-refractivity contribution >= 4 is 27.1 Å². The largest absolute Gasteiger partial charge is 0.333 e. The maximum atomic E-state index is 14.3. The van der Waals surface area contributed by atoms with E-state index >= 15 is 0 Å². The van der Waals surface area contributed by atoms with Gasteiger partial charge in [-0.15, -0.1) is 21.0 Å². The van der Waals surface area contributed by atoms with E-state index in [-0.39, 0.29) is 5.82 Å². The monoisotopic (exact) mass is 561 g/mol. The molecule has 208 valence electrons. The van der Waals surface area contributed by atoms with Crippen LogP contribution in [0, 0.1) is 17.7 Å². The normalized spacial score (nSPS) is 19.1. The van der Waals surface area contributed by atoms with Gasteiger partial charge in [0.15, 0.2) is 0 Å². The topological polar surface area (TPSA) is 26.0 Å². The van der Waals surface area contributed by atoms with Crippen LogP contribution in [0.15, 0.2) is 95.2 Å². The Morgan fingerprint density at radius 2 is 1.77 bits per heavy atom. The summed E-state index contributed by atoms with van der Waals surface area (Å²) in [5.74, 6) is 1.25. The summed E-state index contributed by atoms with van der Waals surface area (Å²) in [4.78, 5) is 1.37. The van der Waals surface area contributed by atoms with Crippen LogP contribution in [0.25, 0.3) is 17.2 Å². The molecule has 0 amide bonds. The van der Waals surface area contributed by atoms with E-state index in [2.05, 4.69) is 84.5 Å². The summed E-state index contributed by atoms with van der Waals surface area (Å²) in [6.07, 6.45) is 17.1. The van der Waals surface area contributed by atoms with Crippen molar-refractivity contribution in [2.45, 2.75) is 64.0 Å². The third-order valence-corrected chi connectivity index (χ3v) is 10.2. The van der Waals surface area contributed by atoms with E-state index in [4.69, 9.17) is 0 Å². The first-order valence-corrected chi connectivity index (χ1v) is 15.6. The minimum atomic E-state index is -0.0656. The van der Waals surface area contributed by atoms with Crippen molar-refractivity contribution in [2.24, 2.45) is 17.6 Å². The molecule has 1 aliphatic heterocycles. The van der Waals surface area contributed by atoms with Crippen LogP contribution in [0.5, 0.6) is 0 Å². The molecule has 2 aliphatic carbocycles. The second-order valence-corrected chi connectivity index (χ2v) is 12.4. The highest BCUT2D eigenvalue weighted by atomic mass is 32.2. The zero-order valence-corrected chi connectivity index (χ0v) is 25.9. The summed E-state index contributed by atoms with van der Waals surface area (Å²) in [5, 5.41) is 2.00. The standard InChI is InChI=1S/C23H27F.C11H13PS.CH5N/c1-3-18-9-11-20(12-10-18)21-13-14-23(24)22(16-21)15-17(2)19-7-5-4-6-8-19;1-7(2)11-10(12)8-5-3-4-6-9(8)13-11;1-2/h3,9-14,16-17,19H,1,4-8,15H2,2H3;3-5,9H,1,6,12H2,2H3;2H2,1H3. The molecule has 4 heteroatoms. The number of nitrogens with two attached hydrogens (primary N) is 1. The van der Waals surface area contributed by atoms with Gasteiger partial charge in [0, 0.05) is 10.2 Å². The average molecular weight is 562 g/mol. The number of fused-ring (bicyclic) bond motifs is 1. The fourth-order valence-electron chi connectivity index (χ4n) is 5.59. The zero-order valence-electron chi connectivity index (χ0n) is 23.9. The molecule has 1 nitrogen and oxygen atoms in total. The van der Waals surface area contributed by atoms with Crippen molar-refractivity contribution < 1.29 is 4.39 Å². The van der Waals surface area contributed by atoms with Crippen molar-refractivity contribution in [2.75, 3.05) is 7.05 Å². The van der Waals surface area contributed by atoms with Crippen LogP contribution < -0.4 is 5.73 Å². The molecule has 2 aromatic rings. The highest BCUT2D eigenvalue weighted by Crippen LogP contribution is 2.49. The Kier molecular flexibility index (Phi) is 12.5. The summed E-state index contributed by atoms with van der Waals surface area (Å²) in [7, 11) is 4.35. The summed E-state index contributed by atoms with van der Waals surface area (Å²) in [6.45, 7) is 12.2. The van der Waals surface area contributed by atoms with E-state index in [1.54, 1.807) is 6.07 Å². The maximum Gasteiger partial charge on any atom is 0.126 e. The molecule has 0 spiro atoms. The third kappa shape index (κ3) is 8.40. The van der Waals surface area contributed by atoms with Crippen LogP contribution in [0.1, 0.15) is 63.5 Å². The molecule has 2 N–H and O–H groups in total. The molecule has 39 heavy (non-hydrogen) atoms. The van der Waals surface area contributed by atoms with Crippen molar-refractivity contribution in [3.63, 3.8) is 0 Å². The number of hydrogen-bond donors (Lipinski definition) is 1. The second kappa shape index (κ2) is 15.6. The maximum absolute atomic E-state index is 14.3. The van der Waals surface area contributed by atoms with Crippen molar-refractivity contribution in [1.82, 2.24) is 0 Å². The quantitative estimate of drug-likeness (QED) is 0.355. The van der Waals surface area contributed by atoms with Gasteiger partial charge in [0.1, 0.15) is 5.82 Å². The molecule has 3 atom stereocenters. The van der Waals surface area contributed by atoms with E-state index in [0.717, 1.165) is 41.0 Å². The summed E-state index contributed by atoms with van der Waals surface area (Å²) >= 11 is 1.95. The highest BCUT2D eigenvalue weighted by molar-refractivity contribution is 8.04. The lowest BCUT2D eigenvalue weighted by Crippen LogP contribution is -2.17. The molecule has 3 aliphatic rings. The van der Waals surface area contributed by atoms with E-state index in [1.165, 1.54) is 60.5 Å². The van der Waals surface area contributed by atoms with Crippen LogP contribution in [-0.2, 0) is 6.42 Å². The fraction of sp³-hybridized carbons (Fsp3) is 0.371. The molecule has 1 fully saturated rings. The summed E-state index contributed by atoms with van der Waals surface area (Å²) in [6, 6.07) is 13.8. The molecule has 3 unspecified atom stereocenters. The van der Waals surface area contributed by atoms with Crippen LogP contribution in [0.3, 0.4) is 0 Å². The molecule has 2 aromatic carbocycles. The Morgan fingerprint density at radius 1 is 1.10 bits per heavy atom. The van der Waals surface area contributed by atoms with E-state index in [0.29, 0.717) is 11.2 Å². The van der Waals surface area contributed by atoms with Gasteiger partial charge in [-0.3, -0.25) is 0 Å². The second-order valence-electron chi connectivity index (χ2n) is 10.6. The van der Waals surface area contributed by atoms with Crippen molar-refractivity contribution in [3.05, 3.63) is 112 Å². The third-order valence-electron chi connectivity index (χ3n) is 7.83. The predicted molar refractivity (Wildman–Crippen MR) is 176 cm³/mol. The number of allylic oxidation sites excluding steroid dienone is 5. The Morgan fingerprint density at radius 3 is 2.38 bits per heavy atom. The number of hydrogen-bond acceptors (Lipinski definition) is 2. The number of rotatable bonds is 6. The SMILES string of the molecule is C=C(C)C1=C(P)C2=CC=CCC2S1.C=Cc1ccc(-c2ccc(F)c(CC(C)C3CCCCC3)c2)cc1.CN. The Hall–Kier alpha value is -2.19. The van der Waals surface area contributed by atoms with Crippen LogP contribution in [0.2, 0.25) is 0 Å². The molecular weight excluding hydrogens is 516 g/mol. The van der Waals surface area contributed by atoms with Gasteiger partial charge in [0.2, 0.25) is 0 Å². The van der Waals surface area contributed by atoms with Gasteiger partial charge in [0.25, 0.3) is 0 Å². The molecule has 0 aromatic heterocycles. The Labute approximate surface area is 242 Å². The molecule has 0 bridgehead atoms. The zero-order chi connectivity index (χ0) is 28.4. The molecular formula is C35H45FNPS.